The highest BCUT2D eigenvalue weighted by Crippen LogP contribution is 2.28. The standard InChI is InChI=1S/C20H24F2N4O4S/c21-15-2-1-14(16(22)11-15)12-23-20(27)13-6-9-26(10-7-13)31(28,29)19-4-3-18(30-19)17-5-8-24-25-17/h1-4,11,13,17,24-25H,5-10,12H2,(H,23,27). The van der Waals surface area contributed by atoms with Crippen molar-refractivity contribution in [3.63, 3.8) is 0 Å². The van der Waals surface area contributed by atoms with Crippen molar-refractivity contribution in [1.82, 2.24) is 20.5 Å². The molecule has 1 aromatic carbocycles. The number of nitrogens with zero attached hydrogens (tertiary/aromatic N) is 1. The first kappa shape index (κ1) is 21.9. The summed E-state index contributed by atoms with van der Waals surface area (Å²) in [5, 5.41) is 2.54. The van der Waals surface area contributed by atoms with Crippen LogP contribution in [0.5, 0.6) is 0 Å². The third-order valence-electron chi connectivity index (χ3n) is 5.67. The minimum absolute atomic E-state index is 0.0529. The minimum Gasteiger partial charge on any atom is -0.447 e. The van der Waals surface area contributed by atoms with Crippen LogP contribution in [-0.4, -0.2) is 38.3 Å². The first-order valence-corrected chi connectivity index (χ1v) is 11.6. The highest BCUT2D eigenvalue weighted by atomic mass is 32.2. The van der Waals surface area contributed by atoms with Gasteiger partial charge in [0.2, 0.25) is 11.0 Å². The molecule has 1 aromatic heterocycles. The molecule has 3 N–H and O–H groups in total. The number of carbonyl (C=O) groups excluding carboxylic acids is 1. The molecule has 4 rings (SSSR count). The Kier molecular flexibility index (Phi) is 6.37. The van der Waals surface area contributed by atoms with E-state index in [1.807, 2.05) is 0 Å². The predicted octanol–water partition coefficient (Wildman–Crippen LogP) is 1.81. The van der Waals surface area contributed by atoms with Crippen LogP contribution in [0.1, 0.15) is 36.6 Å². The van der Waals surface area contributed by atoms with Crippen LogP contribution in [0, 0.1) is 17.6 Å². The van der Waals surface area contributed by atoms with Crippen LogP contribution >= 0.6 is 0 Å². The molecule has 2 fully saturated rings. The summed E-state index contributed by atoms with van der Waals surface area (Å²) in [6.07, 6.45) is 1.49. The summed E-state index contributed by atoms with van der Waals surface area (Å²) in [6.45, 7) is 1.09. The van der Waals surface area contributed by atoms with Crippen molar-refractivity contribution in [2.24, 2.45) is 5.92 Å². The van der Waals surface area contributed by atoms with E-state index in [-0.39, 0.29) is 48.2 Å². The van der Waals surface area contributed by atoms with E-state index in [4.69, 9.17) is 4.42 Å². The van der Waals surface area contributed by atoms with E-state index in [0.717, 1.165) is 25.1 Å². The molecule has 0 aliphatic carbocycles. The van der Waals surface area contributed by atoms with Gasteiger partial charge in [-0.15, -0.1) is 0 Å². The quantitative estimate of drug-likeness (QED) is 0.615. The molecule has 11 heteroatoms. The van der Waals surface area contributed by atoms with Crippen molar-refractivity contribution in [2.75, 3.05) is 19.6 Å². The average Bonchev–Trinajstić information content (AvgIpc) is 3.45. The van der Waals surface area contributed by atoms with Crippen molar-refractivity contribution >= 4 is 15.9 Å². The van der Waals surface area contributed by atoms with E-state index >= 15 is 0 Å². The molecule has 2 saturated heterocycles. The van der Waals surface area contributed by atoms with Gasteiger partial charge >= 0.3 is 0 Å². The number of amides is 1. The average molecular weight is 454 g/mol. The van der Waals surface area contributed by atoms with Gasteiger partial charge in [0.15, 0.2) is 0 Å². The van der Waals surface area contributed by atoms with Gasteiger partial charge in [-0.3, -0.25) is 10.2 Å². The van der Waals surface area contributed by atoms with Gasteiger partial charge in [-0.2, -0.15) is 4.31 Å². The molecule has 0 bridgehead atoms. The maximum absolute atomic E-state index is 13.7. The van der Waals surface area contributed by atoms with E-state index in [2.05, 4.69) is 16.2 Å². The zero-order chi connectivity index (χ0) is 22.0. The summed E-state index contributed by atoms with van der Waals surface area (Å²) in [5.41, 5.74) is 6.20. The van der Waals surface area contributed by atoms with Crippen molar-refractivity contribution in [3.05, 3.63) is 53.3 Å². The number of sulfonamides is 1. The number of hydrogen-bond donors (Lipinski definition) is 3. The van der Waals surface area contributed by atoms with Crippen LogP contribution < -0.4 is 16.2 Å². The molecule has 3 heterocycles. The fraction of sp³-hybridized carbons (Fsp3) is 0.450. The third kappa shape index (κ3) is 4.79. The van der Waals surface area contributed by atoms with Gasteiger partial charge in [-0.1, -0.05) is 6.07 Å². The zero-order valence-electron chi connectivity index (χ0n) is 16.7. The molecule has 2 aliphatic rings. The zero-order valence-corrected chi connectivity index (χ0v) is 17.6. The van der Waals surface area contributed by atoms with E-state index in [0.29, 0.717) is 18.6 Å². The van der Waals surface area contributed by atoms with Crippen molar-refractivity contribution in [1.29, 1.82) is 0 Å². The molecule has 1 amide bonds. The van der Waals surface area contributed by atoms with Gasteiger partial charge in [0.1, 0.15) is 17.4 Å². The van der Waals surface area contributed by atoms with Crippen LogP contribution in [-0.2, 0) is 21.4 Å². The monoisotopic (exact) mass is 454 g/mol. The first-order valence-electron chi connectivity index (χ1n) is 10.1. The summed E-state index contributed by atoms with van der Waals surface area (Å²) < 4.78 is 59.4. The Balaban J connectivity index is 1.31. The van der Waals surface area contributed by atoms with Gasteiger partial charge < -0.3 is 9.73 Å². The number of carbonyl (C=O) groups is 1. The normalized spacial score (nSPS) is 20.8. The summed E-state index contributed by atoms with van der Waals surface area (Å²) in [5.74, 6) is -1.49. The minimum atomic E-state index is -3.78. The lowest BCUT2D eigenvalue weighted by molar-refractivity contribution is -0.126. The lowest BCUT2D eigenvalue weighted by atomic mass is 9.97. The number of halogens is 2. The highest BCUT2D eigenvalue weighted by Gasteiger charge is 2.34. The Bertz CT molecular complexity index is 1050. The van der Waals surface area contributed by atoms with Crippen molar-refractivity contribution < 1.29 is 26.4 Å². The predicted molar refractivity (Wildman–Crippen MR) is 107 cm³/mol. The molecular formula is C20H24F2N4O4S. The van der Waals surface area contributed by atoms with Crippen molar-refractivity contribution in [3.8, 4) is 0 Å². The largest absolute Gasteiger partial charge is 0.447 e. The number of hydrazine groups is 1. The molecular weight excluding hydrogens is 430 g/mol. The Morgan fingerprint density at radius 3 is 2.61 bits per heavy atom. The summed E-state index contributed by atoms with van der Waals surface area (Å²) >= 11 is 0. The van der Waals surface area contributed by atoms with Crippen LogP contribution in [0.4, 0.5) is 8.78 Å². The number of piperidine rings is 1. The van der Waals surface area contributed by atoms with E-state index in [9.17, 15) is 22.0 Å². The molecule has 1 atom stereocenters. The van der Waals surface area contributed by atoms with Gasteiger partial charge in [-0.25, -0.2) is 22.6 Å². The lowest BCUT2D eigenvalue weighted by Gasteiger charge is -2.29. The summed E-state index contributed by atoms with van der Waals surface area (Å²) in [4.78, 5) is 12.4. The fourth-order valence-electron chi connectivity index (χ4n) is 3.84. The van der Waals surface area contributed by atoms with Crippen molar-refractivity contribution in [2.45, 2.75) is 36.9 Å². The number of furan rings is 1. The molecule has 2 aliphatic heterocycles. The molecule has 8 nitrogen and oxygen atoms in total. The molecule has 0 saturated carbocycles. The maximum atomic E-state index is 13.7. The molecule has 0 radical (unpaired) electrons. The van der Waals surface area contributed by atoms with Gasteiger partial charge in [-0.05, 0) is 37.5 Å². The van der Waals surface area contributed by atoms with E-state index in [1.165, 1.54) is 16.4 Å². The van der Waals surface area contributed by atoms with Gasteiger partial charge in [0, 0.05) is 43.7 Å². The number of nitrogens with one attached hydrogen (secondary N) is 3. The second-order valence-corrected chi connectivity index (χ2v) is 9.57. The van der Waals surface area contributed by atoms with Gasteiger partial charge in [0.05, 0.1) is 6.04 Å². The molecule has 31 heavy (non-hydrogen) atoms. The molecule has 168 valence electrons. The smallest absolute Gasteiger partial charge is 0.276 e. The van der Waals surface area contributed by atoms with Crippen LogP contribution in [0.25, 0.3) is 0 Å². The van der Waals surface area contributed by atoms with Crippen LogP contribution in [0.2, 0.25) is 0 Å². The van der Waals surface area contributed by atoms with Crippen LogP contribution in [0.15, 0.2) is 39.8 Å². The highest BCUT2D eigenvalue weighted by molar-refractivity contribution is 7.89. The number of hydrogen-bond acceptors (Lipinski definition) is 6. The Morgan fingerprint density at radius 2 is 1.94 bits per heavy atom. The van der Waals surface area contributed by atoms with E-state index in [1.54, 1.807) is 6.07 Å². The molecule has 0 spiro atoms. The first-order chi connectivity index (χ1) is 14.8. The Morgan fingerprint density at radius 1 is 1.16 bits per heavy atom. The molecule has 1 unspecified atom stereocenters. The summed E-state index contributed by atoms with van der Waals surface area (Å²) in [6, 6.07) is 6.24. The SMILES string of the molecule is O=C(NCc1ccc(F)cc1F)C1CCN(S(=O)(=O)c2ccc(C3CCNN3)o2)CC1. The Labute approximate surface area is 179 Å². The lowest BCUT2D eigenvalue weighted by Crippen LogP contribution is -2.42. The fourth-order valence-corrected chi connectivity index (χ4v) is 5.22. The second-order valence-electron chi connectivity index (χ2n) is 7.70. The molecule has 2 aromatic rings. The van der Waals surface area contributed by atoms with Crippen LogP contribution in [0.3, 0.4) is 0 Å². The Hall–Kier alpha value is -2.34. The number of rotatable bonds is 6. The third-order valence-corrected chi connectivity index (χ3v) is 7.44. The van der Waals surface area contributed by atoms with Gasteiger partial charge in [0.25, 0.3) is 10.0 Å². The summed E-state index contributed by atoms with van der Waals surface area (Å²) in [7, 11) is -3.78. The van der Waals surface area contributed by atoms with E-state index < -0.39 is 21.7 Å². The second kappa shape index (κ2) is 9.03. The topological polar surface area (TPSA) is 104 Å². The maximum Gasteiger partial charge on any atom is 0.276 e. The number of benzene rings is 1.